The maximum absolute atomic E-state index is 11.8. The zero-order valence-electron chi connectivity index (χ0n) is 10.3. The molecule has 1 aliphatic carbocycles. The molecule has 0 aromatic heterocycles. The zero-order chi connectivity index (χ0) is 12.3. The molecule has 1 aliphatic rings. The van der Waals surface area contributed by atoms with E-state index in [2.05, 4.69) is 20.4 Å². The number of ether oxygens (including phenoxy) is 1. The van der Waals surface area contributed by atoms with Crippen molar-refractivity contribution in [1.29, 1.82) is 0 Å². The van der Waals surface area contributed by atoms with Gasteiger partial charge < -0.3 is 4.74 Å². The van der Waals surface area contributed by atoms with Crippen molar-refractivity contribution in [3.8, 4) is 0 Å². The number of rotatable bonds is 3. The lowest BCUT2D eigenvalue weighted by molar-refractivity contribution is -0.155. The number of esters is 1. The van der Waals surface area contributed by atoms with Crippen LogP contribution in [0.3, 0.4) is 0 Å². The minimum absolute atomic E-state index is 0.0114. The molecule has 0 N–H and O–H groups in total. The van der Waals surface area contributed by atoms with E-state index in [-0.39, 0.29) is 23.1 Å². The van der Waals surface area contributed by atoms with E-state index in [0.717, 1.165) is 0 Å². The van der Waals surface area contributed by atoms with Crippen LogP contribution in [0, 0.1) is 17.3 Å². The molecule has 0 aromatic carbocycles. The Morgan fingerprint density at radius 3 is 2.75 bits per heavy atom. The van der Waals surface area contributed by atoms with Gasteiger partial charge in [0.15, 0.2) is 0 Å². The zero-order valence-corrected chi connectivity index (χ0v) is 10.3. The summed E-state index contributed by atoms with van der Waals surface area (Å²) in [5.74, 6) is -0.803. The molecule has 1 saturated carbocycles. The molecule has 90 valence electrons. The number of carbonyl (C=O) groups is 2. The summed E-state index contributed by atoms with van der Waals surface area (Å²) < 4.78 is 4.93. The van der Waals surface area contributed by atoms with E-state index in [9.17, 15) is 9.59 Å². The minimum Gasteiger partial charge on any atom is -0.465 e. The SMILES string of the molecule is C=CC1CC(=O)C(C(=O)OCC)CC1(C)C. The molecule has 3 heteroatoms. The first-order chi connectivity index (χ1) is 7.42. The van der Waals surface area contributed by atoms with Crippen molar-refractivity contribution in [3.63, 3.8) is 0 Å². The highest BCUT2D eigenvalue weighted by Crippen LogP contribution is 2.42. The number of allylic oxidation sites excluding steroid dienone is 1. The summed E-state index contributed by atoms with van der Waals surface area (Å²) in [4.78, 5) is 23.4. The predicted molar refractivity (Wildman–Crippen MR) is 61.8 cm³/mol. The molecule has 2 atom stereocenters. The smallest absolute Gasteiger partial charge is 0.316 e. The van der Waals surface area contributed by atoms with Gasteiger partial charge in [-0.05, 0) is 24.7 Å². The molecule has 16 heavy (non-hydrogen) atoms. The van der Waals surface area contributed by atoms with Crippen molar-refractivity contribution in [2.24, 2.45) is 17.3 Å². The van der Waals surface area contributed by atoms with Crippen LogP contribution in [0.4, 0.5) is 0 Å². The van der Waals surface area contributed by atoms with E-state index in [0.29, 0.717) is 19.4 Å². The summed E-state index contributed by atoms with van der Waals surface area (Å²) in [6.07, 6.45) is 2.78. The van der Waals surface area contributed by atoms with Crippen LogP contribution < -0.4 is 0 Å². The fraction of sp³-hybridized carbons (Fsp3) is 0.692. The number of hydrogen-bond donors (Lipinski definition) is 0. The van der Waals surface area contributed by atoms with E-state index >= 15 is 0 Å². The molecule has 2 unspecified atom stereocenters. The number of carbonyl (C=O) groups excluding carboxylic acids is 2. The monoisotopic (exact) mass is 224 g/mol. The van der Waals surface area contributed by atoms with Crippen LogP contribution in [0.5, 0.6) is 0 Å². The number of ketones is 1. The van der Waals surface area contributed by atoms with Gasteiger partial charge >= 0.3 is 5.97 Å². The van der Waals surface area contributed by atoms with Gasteiger partial charge in [0.2, 0.25) is 0 Å². The molecule has 3 nitrogen and oxygen atoms in total. The number of hydrogen-bond acceptors (Lipinski definition) is 3. The third kappa shape index (κ3) is 2.52. The molecule has 0 aromatic rings. The van der Waals surface area contributed by atoms with Crippen molar-refractivity contribution in [1.82, 2.24) is 0 Å². The van der Waals surface area contributed by atoms with Crippen molar-refractivity contribution in [2.45, 2.75) is 33.6 Å². The lowest BCUT2D eigenvalue weighted by Gasteiger charge is -2.39. The Labute approximate surface area is 96.9 Å². The second-order valence-electron chi connectivity index (χ2n) is 5.01. The highest BCUT2D eigenvalue weighted by atomic mass is 16.5. The first-order valence-corrected chi connectivity index (χ1v) is 5.74. The molecule has 0 radical (unpaired) electrons. The van der Waals surface area contributed by atoms with Gasteiger partial charge in [0.25, 0.3) is 0 Å². The fourth-order valence-electron chi connectivity index (χ4n) is 2.29. The predicted octanol–water partition coefficient (Wildman–Crippen LogP) is 2.36. The molecule has 0 aliphatic heterocycles. The van der Waals surface area contributed by atoms with Gasteiger partial charge in [-0.3, -0.25) is 9.59 Å². The summed E-state index contributed by atoms with van der Waals surface area (Å²) in [6.45, 7) is 9.97. The Hall–Kier alpha value is -1.12. The highest BCUT2D eigenvalue weighted by Gasteiger charge is 2.43. The summed E-state index contributed by atoms with van der Waals surface area (Å²) in [7, 11) is 0. The Balaban J connectivity index is 2.80. The van der Waals surface area contributed by atoms with E-state index in [1.807, 2.05) is 6.08 Å². The average Bonchev–Trinajstić information content (AvgIpc) is 2.21. The summed E-state index contributed by atoms with van der Waals surface area (Å²) in [5, 5.41) is 0. The first kappa shape index (κ1) is 12.9. The van der Waals surface area contributed by atoms with Crippen molar-refractivity contribution < 1.29 is 14.3 Å². The lowest BCUT2D eigenvalue weighted by atomic mass is 9.64. The average molecular weight is 224 g/mol. The Kier molecular flexibility index (Phi) is 3.89. The summed E-state index contributed by atoms with van der Waals surface area (Å²) >= 11 is 0. The summed E-state index contributed by atoms with van der Waals surface area (Å²) in [5.41, 5.74) is -0.0624. The molecule has 0 saturated heterocycles. The third-order valence-corrected chi connectivity index (χ3v) is 3.40. The molecular weight excluding hydrogens is 204 g/mol. The second-order valence-corrected chi connectivity index (χ2v) is 5.01. The van der Waals surface area contributed by atoms with Gasteiger partial charge in [0.05, 0.1) is 6.61 Å². The lowest BCUT2D eigenvalue weighted by Crippen LogP contribution is -2.41. The van der Waals surface area contributed by atoms with Crippen molar-refractivity contribution in [2.75, 3.05) is 6.61 Å². The van der Waals surface area contributed by atoms with Gasteiger partial charge in [-0.25, -0.2) is 0 Å². The van der Waals surface area contributed by atoms with Crippen molar-refractivity contribution in [3.05, 3.63) is 12.7 Å². The molecule has 0 spiro atoms. The maximum Gasteiger partial charge on any atom is 0.316 e. The summed E-state index contributed by atoms with van der Waals surface area (Å²) in [6, 6.07) is 0. The second kappa shape index (κ2) is 4.81. The van der Waals surface area contributed by atoms with Gasteiger partial charge in [-0.2, -0.15) is 0 Å². The van der Waals surface area contributed by atoms with Crippen molar-refractivity contribution >= 4 is 11.8 Å². The normalized spacial score (nSPS) is 28.6. The standard InChI is InChI=1S/C13H20O3/c1-5-9-7-11(14)10(8-13(9,3)4)12(15)16-6-2/h5,9-10H,1,6-8H2,2-4H3. The van der Waals surface area contributed by atoms with E-state index in [1.165, 1.54) is 0 Å². The Morgan fingerprint density at radius 2 is 2.25 bits per heavy atom. The fourth-order valence-corrected chi connectivity index (χ4v) is 2.29. The molecular formula is C13H20O3. The van der Waals surface area contributed by atoms with Crippen LogP contribution in [0.1, 0.15) is 33.6 Å². The third-order valence-electron chi connectivity index (χ3n) is 3.40. The van der Waals surface area contributed by atoms with Crippen LogP contribution in [-0.4, -0.2) is 18.4 Å². The van der Waals surface area contributed by atoms with Gasteiger partial charge in [-0.1, -0.05) is 19.9 Å². The van der Waals surface area contributed by atoms with Gasteiger partial charge in [0.1, 0.15) is 11.7 Å². The minimum atomic E-state index is -0.578. The molecule has 0 heterocycles. The largest absolute Gasteiger partial charge is 0.465 e. The highest BCUT2D eigenvalue weighted by molar-refractivity contribution is 5.99. The molecule has 0 bridgehead atoms. The van der Waals surface area contributed by atoms with Crippen LogP contribution in [0.2, 0.25) is 0 Å². The van der Waals surface area contributed by atoms with Crippen LogP contribution in [0.25, 0.3) is 0 Å². The van der Waals surface area contributed by atoms with Crippen LogP contribution >= 0.6 is 0 Å². The first-order valence-electron chi connectivity index (χ1n) is 5.74. The van der Waals surface area contributed by atoms with E-state index in [1.54, 1.807) is 6.92 Å². The maximum atomic E-state index is 11.8. The van der Waals surface area contributed by atoms with E-state index < -0.39 is 5.92 Å². The number of Topliss-reactive ketones (excluding diaryl/α,β-unsaturated/α-hetero) is 1. The Morgan fingerprint density at radius 1 is 1.62 bits per heavy atom. The van der Waals surface area contributed by atoms with E-state index in [4.69, 9.17) is 4.74 Å². The molecule has 1 rings (SSSR count). The quantitative estimate of drug-likeness (QED) is 0.420. The van der Waals surface area contributed by atoms with Crippen LogP contribution in [-0.2, 0) is 14.3 Å². The topological polar surface area (TPSA) is 43.4 Å². The molecule has 0 amide bonds. The Bertz CT molecular complexity index is 304. The molecule has 1 fully saturated rings. The van der Waals surface area contributed by atoms with Gasteiger partial charge in [-0.15, -0.1) is 6.58 Å². The van der Waals surface area contributed by atoms with Gasteiger partial charge in [0, 0.05) is 6.42 Å². The van der Waals surface area contributed by atoms with Crippen LogP contribution in [0.15, 0.2) is 12.7 Å².